The first-order chi connectivity index (χ1) is 6.62. The topological polar surface area (TPSA) is 20.2 Å². The van der Waals surface area contributed by atoms with E-state index in [9.17, 15) is 27.1 Å². The molecule has 0 aromatic heterocycles. The molecule has 0 aromatic rings. The van der Waals surface area contributed by atoms with Gasteiger partial charge in [0.1, 0.15) is 0 Å². The molecule has 4 unspecified atom stereocenters. The van der Waals surface area contributed by atoms with E-state index in [1.807, 2.05) is 0 Å². The summed E-state index contributed by atoms with van der Waals surface area (Å²) in [4.78, 5) is 0. The smallest absolute Gasteiger partial charge is 0.376 e. The fourth-order valence-corrected chi connectivity index (χ4v) is 4.04. The Morgan fingerprint density at radius 2 is 1.73 bits per heavy atom. The fraction of sp³-hybridized carbons (Fsp3) is 1.00. The minimum Gasteiger partial charge on any atom is -0.376 e. The summed E-state index contributed by atoms with van der Waals surface area (Å²) in [5.41, 5.74) is -3.81. The van der Waals surface area contributed by atoms with Crippen LogP contribution in [0, 0.1) is 11.8 Å². The molecule has 1 N–H and O–H groups in total. The van der Waals surface area contributed by atoms with Crippen LogP contribution in [0.5, 0.6) is 0 Å². The van der Waals surface area contributed by atoms with Crippen LogP contribution < -0.4 is 0 Å². The third-order valence-corrected chi connectivity index (χ3v) is 4.86. The number of alkyl halides is 6. The molecule has 0 amide bonds. The Labute approximate surface area is 96.2 Å². The molecule has 0 radical (unpaired) electrons. The lowest BCUT2D eigenvalue weighted by Gasteiger charge is -2.41. The van der Waals surface area contributed by atoms with Crippen LogP contribution >= 0.6 is 22.6 Å². The SMILES string of the molecule is OC1(C(F)(F)F)C2CC(I)C(C2)C1(F)F. The molecule has 2 aliphatic carbocycles. The molecule has 4 atom stereocenters. The van der Waals surface area contributed by atoms with Gasteiger partial charge in [-0.05, 0) is 12.8 Å². The van der Waals surface area contributed by atoms with Crippen molar-refractivity contribution in [3.05, 3.63) is 0 Å². The first-order valence-electron chi connectivity index (χ1n) is 4.43. The van der Waals surface area contributed by atoms with Gasteiger partial charge < -0.3 is 5.11 Å². The standard InChI is InChI=1S/C8H8F5IO/c9-7(10)4-1-3(2-5(4)14)6(7,15)8(11,12)13/h3-5,15H,1-2H2. The van der Waals surface area contributed by atoms with E-state index < -0.39 is 33.5 Å². The Kier molecular flexibility index (Phi) is 2.33. The molecule has 0 aliphatic heterocycles. The summed E-state index contributed by atoms with van der Waals surface area (Å²) in [5.74, 6) is -6.77. The summed E-state index contributed by atoms with van der Waals surface area (Å²) < 4.78 is 63.9. The number of hydrogen-bond donors (Lipinski definition) is 1. The first kappa shape index (κ1) is 11.8. The highest BCUT2D eigenvalue weighted by Gasteiger charge is 2.81. The monoisotopic (exact) mass is 342 g/mol. The van der Waals surface area contributed by atoms with Gasteiger partial charge in [0.2, 0.25) is 5.60 Å². The third-order valence-electron chi connectivity index (χ3n) is 3.48. The van der Waals surface area contributed by atoms with Gasteiger partial charge in [-0.15, -0.1) is 0 Å². The molecule has 7 heteroatoms. The van der Waals surface area contributed by atoms with Crippen LogP contribution in [0.3, 0.4) is 0 Å². The normalized spacial score (nSPS) is 48.6. The van der Waals surface area contributed by atoms with Gasteiger partial charge in [0, 0.05) is 15.8 Å². The molecule has 2 rings (SSSR count). The van der Waals surface area contributed by atoms with E-state index in [2.05, 4.69) is 0 Å². The van der Waals surface area contributed by atoms with Crippen LogP contribution in [0.15, 0.2) is 0 Å². The van der Waals surface area contributed by atoms with Crippen LogP contribution in [0.25, 0.3) is 0 Å². The molecule has 2 saturated carbocycles. The van der Waals surface area contributed by atoms with Crippen molar-refractivity contribution in [1.29, 1.82) is 0 Å². The highest BCUT2D eigenvalue weighted by atomic mass is 127. The lowest BCUT2D eigenvalue weighted by molar-refractivity contribution is -0.345. The summed E-state index contributed by atoms with van der Waals surface area (Å²) in [6.45, 7) is 0. The van der Waals surface area contributed by atoms with Gasteiger partial charge in [-0.3, -0.25) is 0 Å². The molecular weight excluding hydrogens is 334 g/mol. The van der Waals surface area contributed by atoms with Gasteiger partial charge in [0.25, 0.3) is 5.92 Å². The maximum absolute atomic E-state index is 13.5. The molecule has 88 valence electrons. The number of rotatable bonds is 0. The maximum Gasteiger partial charge on any atom is 0.423 e. The largest absolute Gasteiger partial charge is 0.423 e. The predicted octanol–water partition coefficient (Wildman–Crippen LogP) is 2.76. The molecule has 0 heterocycles. The minimum absolute atomic E-state index is 0.0107. The van der Waals surface area contributed by atoms with Crippen molar-refractivity contribution in [2.24, 2.45) is 11.8 Å². The van der Waals surface area contributed by atoms with Crippen molar-refractivity contribution in [3.63, 3.8) is 0 Å². The molecule has 0 aromatic carbocycles. The second-order valence-corrected chi connectivity index (χ2v) is 5.78. The molecular formula is C8H8F5IO. The number of aliphatic hydroxyl groups is 1. The summed E-state index contributed by atoms with van der Waals surface area (Å²) >= 11 is 1.74. The van der Waals surface area contributed by atoms with Gasteiger partial charge in [0.15, 0.2) is 0 Å². The highest BCUT2D eigenvalue weighted by Crippen LogP contribution is 2.65. The fourth-order valence-electron chi connectivity index (χ4n) is 2.68. The van der Waals surface area contributed by atoms with Crippen molar-refractivity contribution < 1.29 is 27.1 Å². The lowest BCUT2D eigenvalue weighted by Crippen LogP contribution is -2.63. The van der Waals surface area contributed by atoms with E-state index in [1.165, 1.54) is 0 Å². The first-order valence-corrected chi connectivity index (χ1v) is 5.68. The lowest BCUT2D eigenvalue weighted by atomic mass is 9.80. The molecule has 1 nitrogen and oxygen atoms in total. The molecule has 15 heavy (non-hydrogen) atoms. The second kappa shape index (κ2) is 2.96. The van der Waals surface area contributed by atoms with Gasteiger partial charge in [-0.2, -0.15) is 13.2 Å². The quantitative estimate of drug-likeness (QED) is 0.408. The minimum atomic E-state index is -5.26. The molecule has 2 fully saturated rings. The zero-order valence-electron chi connectivity index (χ0n) is 7.36. The van der Waals surface area contributed by atoms with Crippen molar-refractivity contribution >= 4 is 22.6 Å². The van der Waals surface area contributed by atoms with Gasteiger partial charge >= 0.3 is 6.18 Å². The highest BCUT2D eigenvalue weighted by molar-refractivity contribution is 14.1. The van der Waals surface area contributed by atoms with Crippen LogP contribution in [0.4, 0.5) is 22.0 Å². The predicted molar refractivity (Wildman–Crippen MR) is 50.0 cm³/mol. The Bertz CT molecular complexity index is 291. The summed E-state index contributed by atoms with van der Waals surface area (Å²) in [7, 11) is 0. The molecule has 2 aliphatic rings. The van der Waals surface area contributed by atoms with E-state index in [0.29, 0.717) is 0 Å². The second-order valence-electron chi connectivity index (χ2n) is 4.18. The summed E-state index contributed by atoms with van der Waals surface area (Å²) in [6.07, 6.45) is -5.49. The van der Waals surface area contributed by atoms with Crippen molar-refractivity contribution in [2.75, 3.05) is 0 Å². The van der Waals surface area contributed by atoms with Crippen LogP contribution in [0.1, 0.15) is 12.8 Å². The van der Waals surface area contributed by atoms with Crippen LogP contribution in [0.2, 0.25) is 0 Å². The zero-order chi connectivity index (χ0) is 11.6. The van der Waals surface area contributed by atoms with Crippen molar-refractivity contribution in [2.45, 2.75) is 34.5 Å². The van der Waals surface area contributed by atoms with E-state index in [1.54, 1.807) is 22.6 Å². The van der Waals surface area contributed by atoms with Gasteiger partial charge in [-0.1, -0.05) is 22.6 Å². The third kappa shape index (κ3) is 1.22. The van der Waals surface area contributed by atoms with E-state index in [-0.39, 0.29) is 12.8 Å². The van der Waals surface area contributed by atoms with E-state index in [4.69, 9.17) is 0 Å². The van der Waals surface area contributed by atoms with Crippen molar-refractivity contribution in [1.82, 2.24) is 0 Å². The summed E-state index contributed by atoms with van der Waals surface area (Å²) in [5, 5.41) is 9.29. The van der Waals surface area contributed by atoms with E-state index in [0.717, 1.165) is 0 Å². The average molecular weight is 342 g/mol. The average Bonchev–Trinajstić information content (AvgIpc) is 2.49. The number of hydrogen-bond acceptors (Lipinski definition) is 1. The Morgan fingerprint density at radius 1 is 1.20 bits per heavy atom. The molecule has 2 bridgehead atoms. The number of halogens is 6. The molecule has 0 saturated heterocycles. The Balaban J connectivity index is 2.45. The Morgan fingerprint density at radius 3 is 2.07 bits per heavy atom. The van der Waals surface area contributed by atoms with Gasteiger partial charge in [0.05, 0.1) is 0 Å². The van der Waals surface area contributed by atoms with Crippen LogP contribution in [-0.2, 0) is 0 Å². The number of fused-ring (bicyclic) bond motifs is 2. The Hall–Kier alpha value is 0.340. The maximum atomic E-state index is 13.5. The van der Waals surface area contributed by atoms with Crippen LogP contribution in [-0.4, -0.2) is 26.7 Å². The summed E-state index contributed by atoms with van der Waals surface area (Å²) in [6, 6.07) is 0. The van der Waals surface area contributed by atoms with Crippen molar-refractivity contribution in [3.8, 4) is 0 Å². The van der Waals surface area contributed by atoms with Gasteiger partial charge in [-0.25, -0.2) is 8.78 Å². The van der Waals surface area contributed by atoms with E-state index >= 15 is 0 Å². The zero-order valence-corrected chi connectivity index (χ0v) is 9.52. The molecule has 0 spiro atoms.